The molecule has 0 aromatic heterocycles. The molecule has 0 aliphatic carbocycles. The SMILES string of the molecule is CCCCCCCCCC(C(=O)O)c1cccc(F)c1N. The van der Waals surface area contributed by atoms with E-state index in [1.807, 2.05) is 0 Å². The molecular weight excluding hydrogens is 269 g/mol. The normalized spacial score (nSPS) is 12.3. The number of rotatable bonds is 10. The molecule has 21 heavy (non-hydrogen) atoms. The van der Waals surface area contributed by atoms with Crippen molar-refractivity contribution in [3.8, 4) is 0 Å². The summed E-state index contributed by atoms with van der Waals surface area (Å²) in [7, 11) is 0. The number of carboxylic acid groups (broad SMARTS) is 1. The van der Waals surface area contributed by atoms with E-state index in [1.54, 1.807) is 6.07 Å². The topological polar surface area (TPSA) is 63.3 Å². The van der Waals surface area contributed by atoms with Crippen molar-refractivity contribution in [2.75, 3.05) is 5.73 Å². The number of aliphatic carboxylic acids is 1. The van der Waals surface area contributed by atoms with Crippen molar-refractivity contribution in [2.45, 2.75) is 64.2 Å². The Morgan fingerprint density at radius 3 is 2.43 bits per heavy atom. The van der Waals surface area contributed by atoms with Crippen molar-refractivity contribution in [1.29, 1.82) is 0 Å². The third kappa shape index (κ3) is 5.74. The lowest BCUT2D eigenvalue weighted by molar-refractivity contribution is -0.139. The van der Waals surface area contributed by atoms with E-state index in [4.69, 9.17) is 5.73 Å². The first-order valence-corrected chi connectivity index (χ1v) is 7.84. The summed E-state index contributed by atoms with van der Waals surface area (Å²) in [5, 5.41) is 9.34. The minimum absolute atomic E-state index is 0.0344. The molecule has 3 nitrogen and oxygen atoms in total. The minimum Gasteiger partial charge on any atom is -0.481 e. The van der Waals surface area contributed by atoms with Gasteiger partial charge >= 0.3 is 5.97 Å². The number of para-hydroxylation sites is 1. The van der Waals surface area contributed by atoms with Gasteiger partial charge in [0.05, 0.1) is 11.6 Å². The molecule has 118 valence electrons. The molecule has 1 aromatic carbocycles. The first kappa shape index (κ1) is 17.5. The second-order valence-corrected chi connectivity index (χ2v) is 5.54. The van der Waals surface area contributed by atoms with E-state index in [0.29, 0.717) is 12.0 Å². The zero-order valence-electron chi connectivity index (χ0n) is 12.8. The molecule has 0 saturated heterocycles. The van der Waals surface area contributed by atoms with Gasteiger partial charge in [-0.3, -0.25) is 4.79 Å². The molecule has 0 radical (unpaired) electrons. The van der Waals surface area contributed by atoms with Crippen molar-refractivity contribution in [3.05, 3.63) is 29.6 Å². The fourth-order valence-electron chi connectivity index (χ4n) is 2.58. The molecule has 0 saturated carbocycles. The Morgan fingerprint density at radius 1 is 1.19 bits per heavy atom. The Morgan fingerprint density at radius 2 is 1.81 bits per heavy atom. The van der Waals surface area contributed by atoms with Crippen molar-refractivity contribution < 1.29 is 14.3 Å². The molecule has 1 rings (SSSR count). The fraction of sp³-hybridized carbons (Fsp3) is 0.588. The summed E-state index contributed by atoms with van der Waals surface area (Å²) < 4.78 is 13.4. The van der Waals surface area contributed by atoms with Crippen LogP contribution in [-0.4, -0.2) is 11.1 Å². The molecule has 3 N–H and O–H groups in total. The number of nitrogen functional groups attached to an aromatic ring is 1. The van der Waals surface area contributed by atoms with Crippen LogP contribution in [0.5, 0.6) is 0 Å². The highest BCUT2D eigenvalue weighted by atomic mass is 19.1. The second kappa shape index (κ2) is 9.37. The molecule has 1 atom stereocenters. The van der Waals surface area contributed by atoms with Gasteiger partial charge in [0.25, 0.3) is 0 Å². The maximum atomic E-state index is 13.4. The fourth-order valence-corrected chi connectivity index (χ4v) is 2.58. The van der Waals surface area contributed by atoms with E-state index in [1.165, 1.54) is 37.8 Å². The molecule has 0 bridgehead atoms. The van der Waals surface area contributed by atoms with Crippen LogP contribution < -0.4 is 5.73 Å². The Bertz CT molecular complexity index is 448. The summed E-state index contributed by atoms with van der Waals surface area (Å²) in [5.41, 5.74) is 6.03. The van der Waals surface area contributed by atoms with Gasteiger partial charge < -0.3 is 10.8 Å². The number of carbonyl (C=O) groups is 1. The third-order valence-electron chi connectivity index (χ3n) is 3.86. The van der Waals surface area contributed by atoms with E-state index in [-0.39, 0.29) is 5.69 Å². The molecule has 0 amide bonds. The number of anilines is 1. The van der Waals surface area contributed by atoms with Gasteiger partial charge in [-0.1, -0.05) is 64.0 Å². The van der Waals surface area contributed by atoms with Gasteiger partial charge in [0.1, 0.15) is 5.82 Å². The zero-order chi connectivity index (χ0) is 15.7. The van der Waals surface area contributed by atoms with E-state index in [0.717, 1.165) is 19.3 Å². The maximum absolute atomic E-state index is 13.4. The standard InChI is InChI=1S/C17H26FNO2/c1-2-3-4-5-6-7-8-10-14(17(20)21)13-11-9-12-15(18)16(13)19/h9,11-12,14H,2-8,10,19H2,1H3,(H,20,21). The van der Waals surface area contributed by atoms with E-state index in [9.17, 15) is 14.3 Å². The highest BCUT2D eigenvalue weighted by Crippen LogP contribution is 2.29. The summed E-state index contributed by atoms with van der Waals surface area (Å²) in [6.45, 7) is 2.18. The number of nitrogens with two attached hydrogens (primary N) is 1. The van der Waals surface area contributed by atoms with Crippen molar-refractivity contribution in [2.24, 2.45) is 0 Å². The lowest BCUT2D eigenvalue weighted by Gasteiger charge is -2.15. The van der Waals surface area contributed by atoms with Gasteiger partial charge in [-0.25, -0.2) is 4.39 Å². The number of halogens is 1. The predicted molar refractivity (Wildman–Crippen MR) is 83.8 cm³/mol. The van der Waals surface area contributed by atoms with Gasteiger partial charge in [-0.15, -0.1) is 0 Å². The van der Waals surface area contributed by atoms with Crippen LogP contribution in [0, 0.1) is 5.82 Å². The molecule has 1 aromatic rings. The first-order chi connectivity index (χ1) is 10.1. The number of benzene rings is 1. The van der Waals surface area contributed by atoms with Crippen LogP contribution in [0.1, 0.15) is 69.8 Å². The second-order valence-electron chi connectivity index (χ2n) is 5.54. The van der Waals surface area contributed by atoms with Crippen LogP contribution in [-0.2, 0) is 4.79 Å². The van der Waals surface area contributed by atoms with Gasteiger partial charge in [-0.2, -0.15) is 0 Å². The largest absolute Gasteiger partial charge is 0.481 e. The molecule has 0 fully saturated rings. The van der Waals surface area contributed by atoms with Crippen LogP contribution >= 0.6 is 0 Å². The molecule has 0 aliphatic rings. The van der Waals surface area contributed by atoms with Crippen LogP contribution in [0.15, 0.2) is 18.2 Å². The Kier molecular flexibility index (Phi) is 7.80. The molecule has 4 heteroatoms. The monoisotopic (exact) mass is 295 g/mol. The van der Waals surface area contributed by atoms with Crippen molar-refractivity contribution in [3.63, 3.8) is 0 Å². The van der Waals surface area contributed by atoms with Crippen molar-refractivity contribution >= 4 is 11.7 Å². The van der Waals surface area contributed by atoms with Crippen LogP contribution in [0.25, 0.3) is 0 Å². The number of unbranched alkanes of at least 4 members (excludes halogenated alkanes) is 6. The highest BCUT2D eigenvalue weighted by Gasteiger charge is 2.22. The smallest absolute Gasteiger partial charge is 0.311 e. The lowest BCUT2D eigenvalue weighted by Crippen LogP contribution is -2.14. The summed E-state index contributed by atoms with van der Waals surface area (Å²) in [5.74, 6) is -2.19. The lowest BCUT2D eigenvalue weighted by atomic mass is 9.91. The van der Waals surface area contributed by atoms with Crippen LogP contribution in [0.4, 0.5) is 10.1 Å². The highest BCUT2D eigenvalue weighted by molar-refractivity contribution is 5.78. The predicted octanol–water partition coefficient (Wildman–Crippen LogP) is 4.72. The maximum Gasteiger partial charge on any atom is 0.311 e. The number of hydrogen-bond acceptors (Lipinski definition) is 2. The molecule has 0 spiro atoms. The minimum atomic E-state index is -0.932. The molecule has 0 heterocycles. The average Bonchev–Trinajstić information content (AvgIpc) is 2.45. The third-order valence-corrected chi connectivity index (χ3v) is 3.86. The van der Waals surface area contributed by atoms with Gasteiger partial charge in [0.15, 0.2) is 0 Å². The summed E-state index contributed by atoms with van der Waals surface area (Å²) in [4.78, 5) is 11.4. The number of hydrogen-bond donors (Lipinski definition) is 2. The van der Waals surface area contributed by atoms with E-state index in [2.05, 4.69) is 6.92 Å². The summed E-state index contributed by atoms with van der Waals surface area (Å²) >= 11 is 0. The van der Waals surface area contributed by atoms with Gasteiger partial charge in [-0.05, 0) is 18.1 Å². The van der Waals surface area contributed by atoms with Gasteiger partial charge in [0.2, 0.25) is 0 Å². The summed E-state index contributed by atoms with van der Waals surface area (Å²) in [6.07, 6.45) is 8.42. The quantitative estimate of drug-likeness (QED) is 0.485. The van der Waals surface area contributed by atoms with E-state index >= 15 is 0 Å². The van der Waals surface area contributed by atoms with Gasteiger partial charge in [0, 0.05) is 0 Å². The summed E-state index contributed by atoms with van der Waals surface area (Å²) in [6, 6.07) is 4.38. The molecular formula is C17H26FNO2. The zero-order valence-corrected chi connectivity index (χ0v) is 12.8. The molecule has 0 aliphatic heterocycles. The Balaban J connectivity index is 2.48. The van der Waals surface area contributed by atoms with Crippen LogP contribution in [0.2, 0.25) is 0 Å². The number of carboxylic acids is 1. The van der Waals surface area contributed by atoms with Crippen LogP contribution in [0.3, 0.4) is 0 Å². The first-order valence-electron chi connectivity index (χ1n) is 7.84. The molecule has 1 unspecified atom stereocenters. The van der Waals surface area contributed by atoms with Crippen molar-refractivity contribution in [1.82, 2.24) is 0 Å². The Hall–Kier alpha value is -1.58. The van der Waals surface area contributed by atoms with E-state index < -0.39 is 17.7 Å². The Labute approximate surface area is 126 Å². The average molecular weight is 295 g/mol.